The fourth-order valence-corrected chi connectivity index (χ4v) is 5.99. The summed E-state index contributed by atoms with van der Waals surface area (Å²) in [5, 5.41) is 0. The molecule has 0 amide bonds. The maximum Gasteiger partial charge on any atom is 0.211 e. The zero-order valence-corrected chi connectivity index (χ0v) is 15.5. The van der Waals surface area contributed by atoms with Gasteiger partial charge < -0.3 is 0 Å². The molecule has 7 heteroatoms. The summed E-state index contributed by atoms with van der Waals surface area (Å²) in [7, 11) is -3.18. The lowest BCUT2D eigenvalue weighted by Gasteiger charge is -2.51. The molecule has 3 aliphatic heterocycles. The van der Waals surface area contributed by atoms with Gasteiger partial charge in [0.05, 0.1) is 6.26 Å². The predicted molar refractivity (Wildman–Crippen MR) is 94.3 cm³/mol. The number of sulfonamides is 1. The minimum absolute atomic E-state index is 0. The number of halogens is 2. The Bertz CT molecular complexity index is 727. The standard InChI is InChI=1S/C17H23FN2O2S.ClH/c1-23(21,22)20-7-2-3-13-11-19-8-6-12-4-5-14(18)9-15(12)17(19)10-16(13)20;/h4-5,9,13,16-17H,2-3,6-8,10-11H2,1H3;1H/t13-,16+,17+;/m1./s1. The number of rotatable bonds is 1. The van der Waals surface area contributed by atoms with E-state index in [9.17, 15) is 12.8 Å². The first-order valence-corrected chi connectivity index (χ1v) is 10.3. The highest BCUT2D eigenvalue weighted by Crippen LogP contribution is 2.43. The summed E-state index contributed by atoms with van der Waals surface area (Å²) in [5.74, 6) is 0.209. The van der Waals surface area contributed by atoms with Gasteiger partial charge in [0.1, 0.15) is 5.82 Å². The Kier molecular flexibility index (Phi) is 4.95. The third-order valence-electron chi connectivity index (χ3n) is 5.80. The van der Waals surface area contributed by atoms with E-state index < -0.39 is 10.0 Å². The number of benzene rings is 1. The van der Waals surface area contributed by atoms with Gasteiger partial charge in [-0.15, -0.1) is 12.4 Å². The van der Waals surface area contributed by atoms with E-state index in [1.54, 1.807) is 10.4 Å². The molecule has 0 saturated carbocycles. The minimum atomic E-state index is -3.18. The first kappa shape index (κ1) is 18.1. The molecule has 4 rings (SSSR count). The maximum atomic E-state index is 13.7. The second kappa shape index (κ2) is 6.56. The third-order valence-corrected chi connectivity index (χ3v) is 7.11. The van der Waals surface area contributed by atoms with Gasteiger partial charge in [-0.3, -0.25) is 4.90 Å². The van der Waals surface area contributed by atoms with Crippen LogP contribution in [0.2, 0.25) is 0 Å². The summed E-state index contributed by atoms with van der Waals surface area (Å²) in [6.45, 7) is 2.55. The van der Waals surface area contributed by atoms with Crippen LogP contribution in [0.4, 0.5) is 4.39 Å². The molecule has 0 spiro atoms. The molecule has 2 saturated heterocycles. The average Bonchev–Trinajstić information content (AvgIpc) is 2.51. The minimum Gasteiger partial charge on any atom is -0.296 e. The monoisotopic (exact) mass is 374 g/mol. The Balaban J connectivity index is 0.00000169. The Morgan fingerprint density at radius 3 is 2.79 bits per heavy atom. The molecule has 0 aromatic heterocycles. The summed E-state index contributed by atoms with van der Waals surface area (Å²) in [6.07, 6.45) is 5.09. The fourth-order valence-electron chi connectivity index (χ4n) is 4.78. The average molecular weight is 375 g/mol. The van der Waals surface area contributed by atoms with Crippen molar-refractivity contribution in [3.05, 3.63) is 35.1 Å². The Labute approximate surface area is 149 Å². The van der Waals surface area contributed by atoms with Gasteiger partial charge in [-0.1, -0.05) is 6.07 Å². The van der Waals surface area contributed by atoms with Gasteiger partial charge in [-0.25, -0.2) is 12.8 Å². The van der Waals surface area contributed by atoms with E-state index in [1.807, 2.05) is 6.07 Å². The summed E-state index contributed by atoms with van der Waals surface area (Å²) in [5.41, 5.74) is 2.28. The molecule has 2 fully saturated rings. The van der Waals surface area contributed by atoms with Gasteiger partial charge >= 0.3 is 0 Å². The normalized spacial score (nSPS) is 30.7. The molecule has 3 heterocycles. The van der Waals surface area contributed by atoms with E-state index >= 15 is 0 Å². The molecule has 0 unspecified atom stereocenters. The van der Waals surface area contributed by atoms with Crippen LogP contribution in [-0.4, -0.2) is 49.6 Å². The van der Waals surface area contributed by atoms with Gasteiger partial charge in [-0.2, -0.15) is 4.31 Å². The van der Waals surface area contributed by atoms with E-state index in [4.69, 9.17) is 0 Å². The highest BCUT2D eigenvalue weighted by atomic mass is 35.5. The molecule has 24 heavy (non-hydrogen) atoms. The number of hydrogen-bond donors (Lipinski definition) is 0. The summed E-state index contributed by atoms with van der Waals surface area (Å²) >= 11 is 0. The zero-order valence-electron chi connectivity index (χ0n) is 13.8. The molecular weight excluding hydrogens is 351 g/mol. The van der Waals surface area contributed by atoms with Crippen molar-refractivity contribution in [1.82, 2.24) is 9.21 Å². The third kappa shape index (κ3) is 3.09. The van der Waals surface area contributed by atoms with E-state index in [2.05, 4.69) is 4.90 Å². The summed E-state index contributed by atoms with van der Waals surface area (Å²) in [4.78, 5) is 2.44. The largest absolute Gasteiger partial charge is 0.296 e. The van der Waals surface area contributed by atoms with E-state index in [0.29, 0.717) is 12.5 Å². The number of piperidine rings is 2. The van der Waals surface area contributed by atoms with Crippen LogP contribution in [0, 0.1) is 11.7 Å². The van der Waals surface area contributed by atoms with Crippen LogP contribution in [0.5, 0.6) is 0 Å². The molecule has 0 radical (unpaired) electrons. The van der Waals surface area contributed by atoms with Gasteiger partial charge in [0.15, 0.2) is 0 Å². The maximum absolute atomic E-state index is 13.7. The van der Waals surface area contributed by atoms with E-state index in [-0.39, 0.29) is 30.3 Å². The van der Waals surface area contributed by atoms with Crippen LogP contribution in [0.1, 0.15) is 36.4 Å². The predicted octanol–water partition coefficient (Wildman–Crippen LogP) is 2.59. The van der Waals surface area contributed by atoms with Crippen molar-refractivity contribution in [2.24, 2.45) is 5.92 Å². The van der Waals surface area contributed by atoms with Crippen molar-refractivity contribution < 1.29 is 12.8 Å². The zero-order chi connectivity index (χ0) is 16.2. The van der Waals surface area contributed by atoms with E-state index in [1.165, 1.54) is 17.9 Å². The van der Waals surface area contributed by atoms with Gasteiger partial charge in [0.25, 0.3) is 0 Å². The Hall–Kier alpha value is -0.690. The number of fused-ring (bicyclic) bond motifs is 4. The van der Waals surface area contributed by atoms with Crippen LogP contribution in [0.25, 0.3) is 0 Å². The molecule has 0 N–H and O–H groups in total. The lowest BCUT2D eigenvalue weighted by Crippen LogP contribution is -2.57. The van der Waals surface area contributed by atoms with Crippen molar-refractivity contribution in [1.29, 1.82) is 0 Å². The van der Waals surface area contributed by atoms with Crippen molar-refractivity contribution >= 4 is 22.4 Å². The van der Waals surface area contributed by atoms with Crippen molar-refractivity contribution in [3.63, 3.8) is 0 Å². The smallest absolute Gasteiger partial charge is 0.211 e. The lowest BCUT2D eigenvalue weighted by atomic mass is 9.77. The van der Waals surface area contributed by atoms with Gasteiger partial charge in [-0.05, 0) is 54.9 Å². The molecule has 3 aliphatic rings. The molecule has 3 atom stereocenters. The lowest BCUT2D eigenvalue weighted by molar-refractivity contribution is 0.0221. The number of nitrogens with zero attached hydrogens (tertiary/aromatic N) is 2. The van der Waals surface area contributed by atoms with Crippen LogP contribution < -0.4 is 0 Å². The van der Waals surface area contributed by atoms with Crippen LogP contribution in [-0.2, 0) is 16.4 Å². The molecule has 4 nitrogen and oxygen atoms in total. The molecular formula is C17H24ClFN2O2S. The van der Waals surface area contributed by atoms with Crippen molar-refractivity contribution in [2.45, 2.75) is 37.8 Å². The van der Waals surface area contributed by atoms with Crippen LogP contribution in [0.3, 0.4) is 0 Å². The quantitative estimate of drug-likeness (QED) is 0.758. The molecule has 0 aliphatic carbocycles. The van der Waals surface area contributed by atoms with Crippen LogP contribution >= 0.6 is 12.4 Å². The van der Waals surface area contributed by atoms with Gasteiger partial charge in [0.2, 0.25) is 10.0 Å². The topological polar surface area (TPSA) is 40.6 Å². The highest BCUT2D eigenvalue weighted by molar-refractivity contribution is 7.88. The Morgan fingerprint density at radius 2 is 2.04 bits per heavy atom. The molecule has 1 aromatic carbocycles. The van der Waals surface area contributed by atoms with Crippen LogP contribution in [0.15, 0.2) is 18.2 Å². The molecule has 0 bridgehead atoms. The summed E-state index contributed by atoms with van der Waals surface area (Å²) < 4.78 is 39.7. The molecule has 134 valence electrons. The van der Waals surface area contributed by atoms with Gasteiger partial charge in [0, 0.05) is 31.7 Å². The van der Waals surface area contributed by atoms with Crippen molar-refractivity contribution in [3.8, 4) is 0 Å². The second-order valence-corrected chi connectivity index (χ2v) is 9.12. The first-order valence-electron chi connectivity index (χ1n) is 8.42. The Morgan fingerprint density at radius 1 is 1.25 bits per heavy atom. The highest BCUT2D eigenvalue weighted by Gasteiger charge is 2.44. The fraction of sp³-hybridized carbons (Fsp3) is 0.647. The SMILES string of the molecule is CS(=O)(=O)N1CCC[C@@H]2CN3CCc4ccc(F)cc4[C@@H]3C[C@@H]21.Cl. The van der Waals surface area contributed by atoms with Crippen molar-refractivity contribution in [2.75, 3.05) is 25.9 Å². The van der Waals surface area contributed by atoms with E-state index in [0.717, 1.165) is 44.3 Å². The first-order chi connectivity index (χ1) is 10.9. The summed E-state index contributed by atoms with van der Waals surface area (Å²) in [6, 6.07) is 5.29. The second-order valence-electron chi connectivity index (χ2n) is 7.18. The number of hydrogen-bond acceptors (Lipinski definition) is 3. The molecule has 1 aromatic rings.